The molecule has 0 spiro atoms. The van der Waals surface area contributed by atoms with Gasteiger partial charge in [0.15, 0.2) is 5.13 Å². The maximum absolute atomic E-state index is 6.06. The molecule has 3 aromatic rings. The van der Waals surface area contributed by atoms with Crippen LogP contribution < -0.4 is 11.5 Å². The summed E-state index contributed by atoms with van der Waals surface area (Å²) >= 11 is 1.50. The minimum Gasteiger partial charge on any atom is -0.399 e. The molecular formula is C21H27N3OS. The number of ether oxygens (including phenoxy) is 1. The molecule has 3 rings (SSSR count). The molecule has 0 radical (unpaired) electrons. The van der Waals surface area contributed by atoms with Crippen LogP contribution in [0.2, 0.25) is 0 Å². The van der Waals surface area contributed by atoms with E-state index < -0.39 is 0 Å². The van der Waals surface area contributed by atoms with Crippen molar-refractivity contribution in [3.05, 3.63) is 65.4 Å². The zero-order chi connectivity index (χ0) is 18.9. The van der Waals surface area contributed by atoms with Crippen molar-refractivity contribution in [2.45, 2.75) is 27.2 Å². The molecule has 0 aliphatic carbocycles. The highest BCUT2D eigenvalue weighted by Gasteiger charge is 2.10. The van der Waals surface area contributed by atoms with Crippen LogP contribution in [0.5, 0.6) is 0 Å². The van der Waals surface area contributed by atoms with Crippen LogP contribution in [0.1, 0.15) is 30.7 Å². The van der Waals surface area contributed by atoms with Crippen molar-refractivity contribution in [2.24, 2.45) is 0 Å². The van der Waals surface area contributed by atoms with E-state index in [0.29, 0.717) is 5.13 Å². The fourth-order valence-electron chi connectivity index (χ4n) is 2.67. The Kier molecular flexibility index (Phi) is 7.63. The van der Waals surface area contributed by atoms with Gasteiger partial charge in [-0.3, -0.25) is 0 Å². The van der Waals surface area contributed by atoms with Crippen LogP contribution in [-0.2, 0) is 11.2 Å². The molecule has 0 amide bonds. The zero-order valence-electron chi connectivity index (χ0n) is 15.7. The van der Waals surface area contributed by atoms with E-state index in [1.54, 1.807) is 0 Å². The monoisotopic (exact) mass is 369 g/mol. The molecule has 5 heteroatoms. The second kappa shape index (κ2) is 9.94. The molecule has 4 N–H and O–H groups in total. The number of anilines is 2. The summed E-state index contributed by atoms with van der Waals surface area (Å²) in [4.78, 5) is 5.38. The Morgan fingerprint density at radius 1 is 0.962 bits per heavy atom. The molecule has 0 aliphatic rings. The Morgan fingerprint density at radius 2 is 1.65 bits per heavy atom. The molecule has 0 atom stereocenters. The molecule has 0 saturated heterocycles. The van der Waals surface area contributed by atoms with Crippen molar-refractivity contribution in [3.63, 3.8) is 0 Å². The third-order valence-corrected chi connectivity index (χ3v) is 4.79. The lowest BCUT2D eigenvalue weighted by atomic mass is 10.0. The smallest absolute Gasteiger partial charge is 0.180 e. The van der Waals surface area contributed by atoms with Gasteiger partial charge in [0.2, 0.25) is 0 Å². The quantitative estimate of drug-likeness (QED) is 0.626. The summed E-state index contributed by atoms with van der Waals surface area (Å²) in [5.41, 5.74) is 17.1. The highest BCUT2D eigenvalue weighted by molar-refractivity contribution is 7.18. The van der Waals surface area contributed by atoms with Crippen LogP contribution >= 0.6 is 11.3 Å². The van der Waals surface area contributed by atoms with Crippen molar-refractivity contribution in [3.8, 4) is 10.4 Å². The van der Waals surface area contributed by atoms with Crippen molar-refractivity contribution in [1.29, 1.82) is 0 Å². The van der Waals surface area contributed by atoms with Crippen molar-refractivity contribution in [1.82, 2.24) is 4.98 Å². The summed E-state index contributed by atoms with van der Waals surface area (Å²) in [5, 5.41) is 0.592. The number of aromatic nitrogens is 1. The Morgan fingerprint density at radius 3 is 2.19 bits per heavy atom. The van der Waals surface area contributed by atoms with Gasteiger partial charge < -0.3 is 16.2 Å². The number of nitrogen functional groups attached to an aromatic ring is 2. The summed E-state index contributed by atoms with van der Waals surface area (Å²) in [6, 6.07) is 16.6. The van der Waals surface area contributed by atoms with E-state index in [2.05, 4.69) is 35.3 Å². The normalized spacial score (nSPS) is 10.3. The van der Waals surface area contributed by atoms with Crippen molar-refractivity contribution in [2.75, 3.05) is 24.7 Å². The standard InChI is InChI=1S/C17H17N3S.C4H10O/c1-11-16(21-17(19)20-11)14-8-13(9-15(18)10-14)7-12-5-3-2-4-6-12;1-3-5-4-2/h2-6,8-10H,7,18H2,1H3,(H2,19,20);3-4H2,1-2H3. The number of nitrogens with two attached hydrogens (primary N) is 2. The van der Waals surface area contributed by atoms with Gasteiger partial charge in [-0.2, -0.15) is 0 Å². The molecule has 0 fully saturated rings. The Balaban J connectivity index is 0.000000431. The van der Waals surface area contributed by atoms with Gasteiger partial charge in [0.05, 0.1) is 10.6 Å². The van der Waals surface area contributed by atoms with E-state index in [0.717, 1.165) is 41.5 Å². The van der Waals surface area contributed by atoms with E-state index in [9.17, 15) is 0 Å². The summed E-state index contributed by atoms with van der Waals surface area (Å²) in [6.45, 7) is 7.64. The molecule has 26 heavy (non-hydrogen) atoms. The topological polar surface area (TPSA) is 74.2 Å². The van der Waals surface area contributed by atoms with Crippen LogP contribution in [0, 0.1) is 6.92 Å². The maximum atomic E-state index is 6.06. The van der Waals surface area contributed by atoms with Crippen molar-refractivity contribution >= 4 is 22.2 Å². The second-order valence-electron chi connectivity index (χ2n) is 5.87. The lowest BCUT2D eigenvalue weighted by molar-refractivity contribution is 0.162. The Bertz CT molecular complexity index is 813. The Hall–Kier alpha value is -2.37. The number of thiazole rings is 1. The number of rotatable bonds is 5. The molecule has 2 aromatic carbocycles. The lowest BCUT2D eigenvalue weighted by Gasteiger charge is -2.07. The number of aryl methyl sites for hydroxylation is 1. The highest BCUT2D eigenvalue weighted by atomic mass is 32.1. The van der Waals surface area contributed by atoms with Gasteiger partial charge in [-0.05, 0) is 62.1 Å². The molecule has 0 bridgehead atoms. The molecule has 0 unspecified atom stereocenters. The number of hydrogen-bond donors (Lipinski definition) is 2. The van der Waals surface area contributed by atoms with Crippen molar-refractivity contribution < 1.29 is 4.74 Å². The first-order chi connectivity index (χ1) is 12.5. The summed E-state index contributed by atoms with van der Waals surface area (Å²) in [7, 11) is 0. The molecule has 4 nitrogen and oxygen atoms in total. The molecule has 0 saturated carbocycles. The minimum atomic E-state index is 0.592. The first kappa shape index (κ1) is 19.9. The predicted molar refractivity (Wildman–Crippen MR) is 113 cm³/mol. The molecule has 1 heterocycles. The van der Waals surface area contributed by atoms with Crippen LogP contribution in [0.3, 0.4) is 0 Å². The summed E-state index contributed by atoms with van der Waals surface area (Å²) in [5.74, 6) is 0. The van der Waals surface area contributed by atoms with Gasteiger partial charge in [0.25, 0.3) is 0 Å². The van der Waals surface area contributed by atoms with Crippen LogP contribution in [0.15, 0.2) is 48.5 Å². The van der Waals surface area contributed by atoms with E-state index in [4.69, 9.17) is 16.2 Å². The fraction of sp³-hybridized carbons (Fsp3) is 0.286. The van der Waals surface area contributed by atoms with Gasteiger partial charge in [0.1, 0.15) is 0 Å². The maximum Gasteiger partial charge on any atom is 0.180 e. The fourth-order valence-corrected chi connectivity index (χ4v) is 3.49. The summed E-state index contributed by atoms with van der Waals surface area (Å²) < 4.78 is 4.83. The summed E-state index contributed by atoms with van der Waals surface area (Å²) in [6.07, 6.45) is 0.867. The molecular weight excluding hydrogens is 342 g/mol. The first-order valence-corrected chi connectivity index (χ1v) is 9.59. The SMILES string of the molecule is CCOCC.Cc1nc(N)sc1-c1cc(N)cc(Cc2ccccc2)c1. The average molecular weight is 370 g/mol. The third kappa shape index (κ3) is 5.86. The third-order valence-electron chi connectivity index (χ3n) is 3.75. The first-order valence-electron chi connectivity index (χ1n) is 8.77. The van der Waals surface area contributed by atoms with Crippen LogP contribution in [0.4, 0.5) is 10.8 Å². The second-order valence-corrected chi connectivity index (χ2v) is 6.90. The highest BCUT2D eigenvalue weighted by Crippen LogP contribution is 2.33. The molecule has 1 aromatic heterocycles. The lowest BCUT2D eigenvalue weighted by Crippen LogP contribution is -1.93. The van der Waals surface area contributed by atoms with Gasteiger partial charge in [-0.15, -0.1) is 0 Å². The average Bonchev–Trinajstić information content (AvgIpc) is 2.95. The van der Waals surface area contributed by atoms with E-state index in [1.165, 1.54) is 22.5 Å². The van der Waals surface area contributed by atoms with Crippen LogP contribution in [0.25, 0.3) is 10.4 Å². The van der Waals surface area contributed by atoms with Crippen LogP contribution in [-0.4, -0.2) is 18.2 Å². The number of nitrogens with zero attached hydrogens (tertiary/aromatic N) is 1. The number of hydrogen-bond acceptors (Lipinski definition) is 5. The number of benzene rings is 2. The van der Waals surface area contributed by atoms with Gasteiger partial charge in [-0.1, -0.05) is 41.7 Å². The van der Waals surface area contributed by atoms with Gasteiger partial charge in [-0.25, -0.2) is 4.98 Å². The van der Waals surface area contributed by atoms with E-state index in [-0.39, 0.29) is 0 Å². The zero-order valence-corrected chi connectivity index (χ0v) is 16.5. The predicted octanol–water partition coefficient (Wildman–Crippen LogP) is 4.92. The van der Waals surface area contributed by atoms with Gasteiger partial charge in [0, 0.05) is 18.9 Å². The van der Waals surface area contributed by atoms with Gasteiger partial charge >= 0.3 is 0 Å². The van der Waals surface area contributed by atoms with E-state index >= 15 is 0 Å². The van der Waals surface area contributed by atoms with E-state index in [1.807, 2.05) is 39.0 Å². The molecule has 0 aliphatic heterocycles. The Labute approximate surface area is 159 Å². The minimum absolute atomic E-state index is 0.592. The largest absolute Gasteiger partial charge is 0.399 e. The molecule has 138 valence electrons.